The summed E-state index contributed by atoms with van der Waals surface area (Å²) in [6.45, 7) is 6.81. The van der Waals surface area contributed by atoms with Crippen LogP contribution in [-0.4, -0.2) is 31.1 Å². The van der Waals surface area contributed by atoms with E-state index >= 15 is 0 Å². The van der Waals surface area contributed by atoms with Crippen LogP contribution in [-0.2, 0) is 0 Å². The first-order valence-electron chi connectivity index (χ1n) is 7.27. The molecule has 1 aliphatic heterocycles. The lowest BCUT2D eigenvalue weighted by molar-refractivity contribution is 0.315. The molecule has 2 atom stereocenters. The average molecular weight is 246 g/mol. The molecule has 2 heteroatoms. The van der Waals surface area contributed by atoms with Crippen molar-refractivity contribution in [2.24, 2.45) is 11.7 Å². The molecule has 18 heavy (non-hydrogen) atoms. The first-order valence-corrected chi connectivity index (χ1v) is 7.27. The highest BCUT2D eigenvalue weighted by Gasteiger charge is 2.22. The standard InChI is InChI=1S/C16H26N2/c1-14(12-17)6-5-10-18-11-9-16(13-18)15-7-3-2-4-8-15/h2-4,7-8,14,16H,5-6,9-13,17H2,1H3. The Labute approximate surface area is 111 Å². The normalized spacial score (nSPS) is 22.2. The lowest BCUT2D eigenvalue weighted by atomic mass is 9.99. The van der Waals surface area contributed by atoms with Crippen molar-refractivity contribution < 1.29 is 0 Å². The predicted molar refractivity (Wildman–Crippen MR) is 77.7 cm³/mol. The van der Waals surface area contributed by atoms with Crippen molar-refractivity contribution in [2.75, 3.05) is 26.2 Å². The largest absolute Gasteiger partial charge is 0.330 e. The van der Waals surface area contributed by atoms with Gasteiger partial charge in [0.15, 0.2) is 0 Å². The van der Waals surface area contributed by atoms with E-state index in [1.165, 1.54) is 44.5 Å². The van der Waals surface area contributed by atoms with Crippen LogP contribution in [0.4, 0.5) is 0 Å². The van der Waals surface area contributed by atoms with E-state index in [1.807, 2.05) is 0 Å². The third-order valence-electron chi connectivity index (χ3n) is 4.12. The number of benzene rings is 1. The van der Waals surface area contributed by atoms with Crippen molar-refractivity contribution in [3.63, 3.8) is 0 Å². The maximum absolute atomic E-state index is 5.65. The van der Waals surface area contributed by atoms with Crippen molar-refractivity contribution in [3.05, 3.63) is 35.9 Å². The molecule has 1 aliphatic rings. The van der Waals surface area contributed by atoms with E-state index in [0.717, 1.165) is 12.5 Å². The highest BCUT2D eigenvalue weighted by molar-refractivity contribution is 5.20. The number of nitrogens with zero attached hydrogens (tertiary/aromatic N) is 1. The van der Waals surface area contributed by atoms with E-state index in [9.17, 15) is 0 Å². The molecular weight excluding hydrogens is 220 g/mol. The number of rotatable bonds is 6. The van der Waals surface area contributed by atoms with E-state index in [-0.39, 0.29) is 0 Å². The van der Waals surface area contributed by atoms with Gasteiger partial charge in [-0.25, -0.2) is 0 Å². The molecule has 1 aromatic carbocycles. The van der Waals surface area contributed by atoms with Crippen LogP contribution in [0.3, 0.4) is 0 Å². The number of likely N-dealkylation sites (tertiary alicyclic amines) is 1. The maximum Gasteiger partial charge on any atom is 0.00507 e. The van der Waals surface area contributed by atoms with Gasteiger partial charge in [-0.1, -0.05) is 37.3 Å². The lowest BCUT2D eigenvalue weighted by Gasteiger charge is -2.17. The Morgan fingerprint density at radius 2 is 2.11 bits per heavy atom. The summed E-state index contributed by atoms with van der Waals surface area (Å²) >= 11 is 0. The predicted octanol–water partition coefficient (Wildman–Crippen LogP) is 2.85. The fraction of sp³-hybridized carbons (Fsp3) is 0.625. The molecule has 0 amide bonds. The summed E-state index contributed by atoms with van der Waals surface area (Å²) in [6.07, 6.45) is 3.87. The Bertz CT molecular complexity index is 336. The molecule has 0 bridgehead atoms. The molecule has 2 unspecified atom stereocenters. The van der Waals surface area contributed by atoms with Crippen LogP contribution in [0.15, 0.2) is 30.3 Å². The summed E-state index contributed by atoms with van der Waals surface area (Å²) in [4.78, 5) is 2.61. The van der Waals surface area contributed by atoms with Gasteiger partial charge in [0.25, 0.3) is 0 Å². The molecule has 0 radical (unpaired) electrons. The van der Waals surface area contributed by atoms with Crippen LogP contribution < -0.4 is 5.73 Å². The molecule has 2 N–H and O–H groups in total. The molecule has 1 saturated heterocycles. The van der Waals surface area contributed by atoms with Gasteiger partial charge in [-0.3, -0.25) is 0 Å². The van der Waals surface area contributed by atoms with Crippen molar-refractivity contribution in [3.8, 4) is 0 Å². The van der Waals surface area contributed by atoms with Crippen LogP contribution in [0.5, 0.6) is 0 Å². The van der Waals surface area contributed by atoms with Crippen LogP contribution in [0.1, 0.15) is 37.7 Å². The topological polar surface area (TPSA) is 29.3 Å². The molecule has 2 nitrogen and oxygen atoms in total. The van der Waals surface area contributed by atoms with Crippen LogP contribution in [0, 0.1) is 5.92 Å². The molecule has 100 valence electrons. The highest BCUT2D eigenvalue weighted by Crippen LogP contribution is 2.27. The second-order valence-corrected chi connectivity index (χ2v) is 5.68. The van der Waals surface area contributed by atoms with Crippen molar-refractivity contribution in [1.29, 1.82) is 0 Å². The minimum atomic E-state index is 0.678. The van der Waals surface area contributed by atoms with Crippen LogP contribution in [0.2, 0.25) is 0 Å². The Morgan fingerprint density at radius 3 is 2.83 bits per heavy atom. The Hall–Kier alpha value is -0.860. The average Bonchev–Trinajstić information content (AvgIpc) is 2.88. The van der Waals surface area contributed by atoms with Gasteiger partial charge in [-0.05, 0) is 56.3 Å². The minimum Gasteiger partial charge on any atom is -0.330 e. The van der Waals surface area contributed by atoms with E-state index < -0.39 is 0 Å². The summed E-state index contributed by atoms with van der Waals surface area (Å²) in [5.74, 6) is 1.43. The van der Waals surface area contributed by atoms with E-state index in [4.69, 9.17) is 5.73 Å². The van der Waals surface area contributed by atoms with E-state index in [2.05, 4.69) is 42.2 Å². The van der Waals surface area contributed by atoms with Gasteiger partial charge in [0.1, 0.15) is 0 Å². The van der Waals surface area contributed by atoms with Gasteiger partial charge < -0.3 is 10.6 Å². The zero-order valence-corrected chi connectivity index (χ0v) is 11.5. The highest BCUT2D eigenvalue weighted by atomic mass is 15.1. The SMILES string of the molecule is CC(CN)CCCN1CCC(c2ccccc2)C1. The van der Waals surface area contributed by atoms with E-state index in [1.54, 1.807) is 0 Å². The summed E-state index contributed by atoms with van der Waals surface area (Å²) in [5, 5.41) is 0. The van der Waals surface area contributed by atoms with Gasteiger partial charge in [0.2, 0.25) is 0 Å². The number of hydrogen-bond acceptors (Lipinski definition) is 2. The molecule has 2 rings (SSSR count). The van der Waals surface area contributed by atoms with Gasteiger partial charge >= 0.3 is 0 Å². The monoisotopic (exact) mass is 246 g/mol. The van der Waals surface area contributed by atoms with Crippen molar-refractivity contribution in [1.82, 2.24) is 4.90 Å². The van der Waals surface area contributed by atoms with Crippen LogP contribution >= 0.6 is 0 Å². The third kappa shape index (κ3) is 3.82. The second kappa shape index (κ2) is 6.91. The smallest absolute Gasteiger partial charge is 0.00507 e. The first kappa shape index (κ1) is 13.6. The molecule has 0 aromatic heterocycles. The molecular formula is C16H26N2. The van der Waals surface area contributed by atoms with Gasteiger partial charge in [-0.15, -0.1) is 0 Å². The Kier molecular flexibility index (Phi) is 5.21. The number of hydrogen-bond donors (Lipinski definition) is 1. The zero-order valence-electron chi connectivity index (χ0n) is 11.5. The summed E-state index contributed by atoms with van der Waals surface area (Å²) < 4.78 is 0. The van der Waals surface area contributed by atoms with Crippen LogP contribution in [0.25, 0.3) is 0 Å². The first-order chi connectivity index (χ1) is 8.79. The lowest BCUT2D eigenvalue weighted by Crippen LogP contribution is -2.22. The van der Waals surface area contributed by atoms with Crippen molar-refractivity contribution in [2.45, 2.75) is 32.1 Å². The zero-order chi connectivity index (χ0) is 12.8. The molecule has 1 aromatic rings. The van der Waals surface area contributed by atoms with Gasteiger partial charge in [-0.2, -0.15) is 0 Å². The van der Waals surface area contributed by atoms with Gasteiger partial charge in [0, 0.05) is 6.54 Å². The molecule has 1 fully saturated rings. The second-order valence-electron chi connectivity index (χ2n) is 5.68. The Balaban J connectivity index is 1.72. The van der Waals surface area contributed by atoms with Gasteiger partial charge in [0.05, 0.1) is 0 Å². The van der Waals surface area contributed by atoms with Crippen molar-refractivity contribution >= 4 is 0 Å². The fourth-order valence-corrected chi connectivity index (χ4v) is 2.81. The third-order valence-corrected chi connectivity index (χ3v) is 4.12. The number of nitrogens with two attached hydrogens (primary N) is 1. The Morgan fingerprint density at radius 1 is 1.33 bits per heavy atom. The molecule has 0 aliphatic carbocycles. The summed E-state index contributed by atoms with van der Waals surface area (Å²) in [5.41, 5.74) is 7.16. The molecule has 0 saturated carbocycles. The molecule has 1 heterocycles. The minimum absolute atomic E-state index is 0.678. The summed E-state index contributed by atoms with van der Waals surface area (Å²) in [6, 6.07) is 10.9. The van der Waals surface area contributed by atoms with E-state index in [0.29, 0.717) is 5.92 Å². The summed E-state index contributed by atoms with van der Waals surface area (Å²) in [7, 11) is 0. The quantitative estimate of drug-likeness (QED) is 0.836. The fourth-order valence-electron chi connectivity index (χ4n) is 2.81. The molecule has 0 spiro atoms. The maximum atomic E-state index is 5.65.